The fraction of sp³-hybridized carbons (Fsp3) is 0.375. The van der Waals surface area contributed by atoms with Crippen LogP contribution < -0.4 is 4.74 Å². The second kappa shape index (κ2) is 6.83. The molecule has 1 atom stereocenters. The van der Waals surface area contributed by atoms with Crippen LogP contribution in [0.2, 0.25) is 5.02 Å². The molecule has 1 amide bonds. The van der Waals surface area contributed by atoms with Gasteiger partial charge in [-0.3, -0.25) is 9.89 Å². The molecule has 1 aliphatic heterocycles. The summed E-state index contributed by atoms with van der Waals surface area (Å²) in [6.07, 6.45) is 4.79. The molecule has 0 radical (unpaired) electrons. The SMILES string of the molecule is O=C(COc1ccccc1Cl)N1CCCCC1c1ccn[nH]1. The second-order valence-electron chi connectivity index (χ2n) is 5.33. The van der Waals surface area contributed by atoms with E-state index in [1.54, 1.807) is 18.3 Å². The summed E-state index contributed by atoms with van der Waals surface area (Å²) in [5.74, 6) is 0.506. The summed E-state index contributed by atoms with van der Waals surface area (Å²) in [4.78, 5) is 14.4. The zero-order valence-corrected chi connectivity index (χ0v) is 12.9. The molecule has 0 aliphatic carbocycles. The highest BCUT2D eigenvalue weighted by Crippen LogP contribution is 2.30. The van der Waals surface area contributed by atoms with Crippen molar-refractivity contribution in [2.24, 2.45) is 0 Å². The Morgan fingerprint density at radius 3 is 3.00 bits per heavy atom. The van der Waals surface area contributed by atoms with E-state index in [0.29, 0.717) is 10.8 Å². The van der Waals surface area contributed by atoms with E-state index in [-0.39, 0.29) is 18.6 Å². The van der Waals surface area contributed by atoms with Crippen molar-refractivity contribution < 1.29 is 9.53 Å². The molecule has 6 heteroatoms. The van der Waals surface area contributed by atoms with Gasteiger partial charge < -0.3 is 9.64 Å². The number of carbonyl (C=O) groups excluding carboxylic acids is 1. The van der Waals surface area contributed by atoms with E-state index < -0.39 is 0 Å². The van der Waals surface area contributed by atoms with Gasteiger partial charge in [-0.15, -0.1) is 0 Å². The highest BCUT2D eigenvalue weighted by molar-refractivity contribution is 6.32. The van der Waals surface area contributed by atoms with Crippen molar-refractivity contribution in [3.8, 4) is 5.75 Å². The van der Waals surface area contributed by atoms with Gasteiger partial charge in [-0.2, -0.15) is 5.10 Å². The Labute approximate surface area is 134 Å². The van der Waals surface area contributed by atoms with Gasteiger partial charge in [0.15, 0.2) is 6.61 Å². The number of piperidine rings is 1. The van der Waals surface area contributed by atoms with Crippen LogP contribution in [0.4, 0.5) is 0 Å². The van der Waals surface area contributed by atoms with Crippen LogP contribution in [0.5, 0.6) is 5.75 Å². The van der Waals surface area contributed by atoms with Gasteiger partial charge in [0, 0.05) is 12.7 Å². The molecule has 2 heterocycles. The first-order valence-corrected chi connectivity index (χ1v) is 7.79. The number of carbonyl (C=O) groups is 1. The molecule has 1 aromatic carbocycles. The lowest BCUT2D eigenvalue weighted by Crippen LogP contribution is -2.41. The normalized spacial score (nSPS) is 18.2. The number of para-hydroxylation sites is 1. The molecule has 1 aliphatic rings. The van der Waals surface area contributed by atoms with E-state index >= 15 is 0 Å². The molecule has 2 aromatic rings. The van der Waals surface area contributed by atoms with Gasteiger partial charge in [0.2, 0.25) is 0 Å². The van der Waals surface area contributed by atoms with Gasteiger partial charge in [-0.1, -0.05) is 23.7 Å². The van der Waals surface area contributed by atoms with Crippen molar-refractivity contribution in [1.29, 1.82) is 0 Å². The Balaban J connectivity index is 1.66. The standard InChI is InChI=1S/C16H18ClN3O2/c17-12-5-1-2-7-15(12)22-11-16(21)20-10-4-3-6-14(20)13-8-9-18-19-13/h1-2,5,7-9,14H,3-4,6,10-11H2,(H,18,19). The van der Waals surface area contributed by atoms with E-state index in [1.165, 1.54) is 0 Å². The van der Waals surface area contributed by atoms with Crippen LogP contribution in [0, 0.1) is 0 Å². The maximum atomic E-state index is 12.5. The summed E-state index contributed by atoms with van der Waals surface area (Å²) >= 11 is 6.04. The van der Waals surface area contributed by atoms with Gasteiger partial charge in [0.05, 0.1) is 16.8 Å². The van der Waals surface area contributed by atoms with Crippen LogP contribution in [0.15, 0.2) is 36.5 Å². The molecule has 0 bridgehead atoms. The first-order valence-electron chi connectivity index (χ1n) is 7.42. The zero-order valence-electron chi connectivity index (χ0n) is 12.2. The lowest BCUT2D eigenvalue weighted by molar-refractivity contribution is -0.137. The third-order valence-electron chi connectivity index (χ3n) is 3.89. The topological polar surface area (TPSA) is 58.2 Å². The van der Waals surface area contributed by atoms with Crippen molar-refractivity contribution >= 4 is 17.5 Å². The molecular weight excluding hydrogens is 302 g/mol. The van der Waals surface area contributed by atoms with E-state index in [1.807, 2.05) is 23.1 Å². The average Bonchev–Trinajstić information content (AvgIpc) is 3.08. The number of H-pyrrole nitrogens is 1. The van der Waals surface area contributed by atoms with Crippen LogP contribution in [0.25, 0.3) is 0 Å². The van der Waals surface area contributed by atoms with Crippen molar-refractivity contribution in [1.82, 2.24) is 15.1 Å². The molecule has 1 aromatic heterocycles. The highest BCUT2D eigenvalue weighted by atomic mass is 35.5. The van der Waals surface area contributed by atoms with Gasteiger partial charge in [-0.25, -0.2) is 0 Å². The molecule has 116 valence electrons. The van der Waals surface area contributed by atoms with Crippen molar-refractivity contribution in [2.75, 3.05) is 13.2 Å². The highest BCUT2D eigenvalue weighted by Gasteiger charge is 2.29. The summed E-state index contributed by atoms with van der Waals surface area (Å²) in [6.45, 7) is 0.739. The molecular formula is C16H18ClN3O2. The first kappa shape index (κ1) is 14.9. The van der Waals surface area contributed by atoms with Crippen molar-refractivity contribution in [3.63, 3.8) is 0 Å². The Morgan fingerprint density at radius 2 is 2.23 bits per heavy atom. The molecule has 1 unspecified atom stereocenters. The number of hydrogen-bond donors (Lipinski definition) is 1. The fourth-order valence-electron chi connectivity index (χ4n) is 2.79. The predicted molar refractivity (Wildman–Crippen MR) is 83.8 cm³/mol. The van der Waals surface area contributed by atoms with E-state index in [9.17, 15) is 4.79 Å². The Bertz CT molecular complexity index is 630. The lowest BCUT2D eigenvalue weighted by atomic mass is 9.99. The Kier molecular flexibility index (Phi) is 4.63. The summed E-state index contributed by atoms with van der Waals surface area (Å²) in [6, 6.07) is 9.15. The van der Waals surface area contributed by atoms with Crippen molar-refractivity contribution in [3.05, 3.63) is 47.2 Å². The maximum absolute atomic E-state index is 12.5. The Morgan fingerprint density at radius 1 is 1.36 bits per heavy atom. The third kappa shape index (κ3) is 3.25. The average molecular weight is 320 g/mol. The van der Waals surface area contributed by atoms with E-state index in [0.717, 1.165) is 31.5 Å². The number of nitrogens with one attached hydrogen (secondary N) is 1. The number of amides is 1. The minimum Gasteiger partial charge on any atom is -0.482 e. The van der Waals surface area contributed by atoms with E-state index in [2.05, 4.69) is 10.2 Å². The molecule has 1 N–H and O–H groups in total. The summed E-state index contributed by atoms with van der Waals surface area (Å²) in [7, 11) is 0. The summed E-state index contributed by atoms with van der Waals surface area (Å²) < 4.78 is 5.57. The molecule has 3 rings (SSSR count). The van der Waals surface area contributed by atoms with Crippen molar-refractivity contribution in [2.45, 2.75) is 25.3 Å². The van der Waals surface area contributed by atoms with Gasteiger partial charge in [-0.05, 0) is 37.5 Å². The predicted octanol–water partition coefficient (Wildman–Crippen LogP) is 3.20. The van der Waals surface area contributed by atoms with Crippen LogP contribution in [0.1, 0.15) is 31.0 Å². The van der Waals surface area contributed by atoms with Gasteiger partial charge in [0.25, 0.3) is 5.91 Å². The minimum absolute atomic E-state index is 0.00558. The smallest absolute Gasteiger partial charge is 0.261 e. The number of likely N-dealkylation sites (tertiary alicyclic amines) is 1. The second-order valence-corrected chi connectivity index (χ2v) is 5.74. The minimum atomic E-state index is -0.0285. The number of nitrogens with zero attached hydrogens (tertiary/aromatic N) is 2. The van der Waals surface area contributed by atoms with Gasteiger partial charge in [0.1, 0.15) is 5.75 Å². The van der Waals surface area contributed by atoms with Crippen LogP contribution in [-0.2, 0) is 4.79 Å². The molecule has 0 spiro atoms. The number of rotatable bonds is 4. The Hall–Kier alpha value is -2.01. The maximum Gasteiger partial charge on any atom is 0.261 e. The van der Waals surface area contributed by atoms with Crippen LogP contribution in [0.3, 0.4) is 0 Å². The monoisotopic (exact) mass is 319 g/mol. The van der Waals surface area contributed by atoms with E-state index in [4.69, 9.17) is 16.3 Å². The molecule has 1 saturated heterocycles. The first-order chi connectivity index (χ1) is 10.8. The number of halogens is 1. The van der Waals surface area contributed by atoms with Crippen LogP contribution in [-0.4, -0.2) is 34.2 Å². The number of aromatic nitrogens is 2. The third-order valence-corrected chi connectivity index (χ3v) is 4.20. The van der Waals surface area contributed by atoms with Gasteiger partial charge >= 0.3 is 0 Å². The number of ether oxygens (including phenoxy) is 1. The quantitative estimate of drug-likeness (QED) is 0.941. The molecule has 1 fully saturated rings. The summed E-state index contributed by atoms with van der Waals surface area (Å²) in [5, 5.41) is 7.47. The van der Waals surface area contributed by atoms with Crippen LogP contribution >= 0.6 is 11.6 Å². The summed E-state index contributed by atoms with van der Waals surface area (Å²) in [5.41, 5.74) is 0.978. The lowest BCUT2D eigenvalue weighted by Gasteiger charge is -2.35. The molecule has 0 saturated carbocycles. The molecule has 22 heavy (non-hydrogen) atoms. The fourth-order valence-corrected chi connectivity index (χ4v) is 2.98. The number of hydrogen-bond acceptors (Lipinski definition) is 3. The number of benzene rings is 1. The molecule has 5 nitrogen and oxygen atoms in total. The number of aromatic amines is 1. The zero-order chi connectivity index (χ0) is 15.4. The largest absolute Gasteiger partial charge is 0.482 e.